The molecule has 1 aromatic heterocycles. The molecule has 20 heavy (non-hydrogen) atoms. The highest BCUT2D eigenvalue weighted by Crippen LogP contribution is 2.27. The summed E-state index contributed by atoms with van der Waals surface area (Å²) in [7, 11) is 0. The molecule has 7 nitrogen and oxygen atoms in total. The Morgan fingerprint density at radius 2 is 1.95 bits per heavy atom. The Labute approximate surface area is 115 Å². The molecule has 0 unspecified atom stereocenters. The number of H-pyrrole nitrogens is 2. The molecule has 0 aliphatic heterocycles. The number of aliphatic hydroxyl groups is 1. The van der Waals surface area contributed by atoms with E-state index in [4.69, 9.17) is 0 Å². The Morgan fingerprint density at radius 1 is 1.25 bits per heavy atom. The molecule has 0 bridgehead atoms. The van der Waals surface area contributed by atoms with Crippen molar-refractivity contribution >= 4 is 5.91 Å². The molecule has 1 fully saturated rings. The van der Waals surface area contributed by atoms with Gasteiger partial charge in [0, 0.05) is 11.8 Å². The maximum Gasteiger partial charge on any atom is 0.325 e. The molecule has 0 spiro atoms. The van der Waals surface area contributed by atoms with Crippen molar-refractivity contribution in [3.8, 4) is 0 Å². The van der Waals surface area contributed by atoms with Crippen LogP contribution in [0.15, 0.2) is 15.7 Å². The standard InChI is InChI=1S/C13H19N3O4/c17-8-13(4-2-1-3-5-13)16-11(19)7-9-6-10(18)15-12(20)14-9/h6,17H,1-5,7-8H2,(H,16,19)(H2,14,15,18,20). The molecule has 0 aromatic carbocycles. The number of nitrogens with one attached hydrogen (secondary N) is 3. The quantitative estimate of drug-likeness (QED) is 0.591. The molecular formula is C13H19N3O4. The molecule has 1 aliphatic carbocycles. The zero-order valence-electron chi connectivity index (χ0n) is 11.2. The van der Waals surface area contributed by atoms with Crippen molar-refractivity contribution in [2.75, 3.05) is 6.61 Å². The monoisotopic (exact) mass is 281 g/mol. The maximum absolute atomic E-state index is 12.0. The van der Waals surface area contributed by atoms with Crippen LogP contribution in [0.25, 0.3) is 0 Å². The molecule has 110 valence electrons. The van der Waals surface area contributed by atoms with Gasteiger partial charge in [0.05, 0.1) is 18.6 Å². The zero-order valence-corrected chi connectivity index (χ0v) is 11.2. The van der Waals surface area contributed by atoms with Crippen LogP contribution in [-0.4, -0.2) is 33.1 Å². The second kappa shape index (κ2) is 6.04. The van der Waals surface area contributed by atoms with Gasteiger partial charge in [-0.1, -0.05) is 19.3 Å². The molecule has 1 aliphatic rings. The minimum atomic E-state index is -0.630. The summed E-state index contributed by atoms with van der Waals surface area (Å²) in [6, 6.07) is 1.19. The Morgan fingerprint density at radius 3 is 2.55 bits per heavy atom. The topological polar surface area (TPSA) is 115 Å². The number of carbonyl (C=O) groups is 1. The normalized spacial score (nSPS) is 17.6. The Hall–Kier alpha value is -1.89. The van der Waals surface area contributed by atoms with E-state index in [-0.39, 0.29) is 24.6 Å². The van der Waals surface area contributed by atoms with Crippen molar-refractivity contribution in [3.05, 3.63) is 32.6 Å². The first-order chi connectivity index (χ1) is 9.53. The van der Waals surface area contributed by atoms with Gasteiger partial charge in [0.1, 0.15) is 0 Å². The number of hydrogen-bond acceptors (Lipinski definition) is 4. The van der Waals surface area contributed by atoms with E-state index >= 15 is 0 Å². The largest absolute Gasteiger partial charge is 0.394 e. The fourth-order valence-corrected chi connectivity index (χ4v) is 2.68. The van der Waals surface area contributed by atoms with E-state index in [2.05, 4.69) is 10.3 Å². The Kier molecular flexibility index (Phi) is 4.39. The van der Waals surface area contributed by atoms with Gasteiger partial charge in [0.15, 0.2) is 0 Å². The van der Waals surface area contributed by atoms with E-state index in [1.165, 1.54) is 6.07 Å². The predicted molar refractivity (Wildman–Crippen MR) is 72.4 cm³/mol. The summed E-state index contributed by atoms with van der Waals surface area (Å²) < 4.78 is 0. The summed E-state index contributed by atoms with van der Waals surface area (Å²) in [4.78, 5) is 38.7. The fraction of sp³-hybridized carbons (Fsp3) is 0.615. The van der Waals surface area contributed by atoms with Crippen molar-refractivity contribution in [2.45, 2.75) is 44.1 Å². The summed E-state index contributed by atoms with van der Waals surface area (Å²) >= 11 is 0. The second-order valence-corrected chi connectivity index (χ2v) is 5.34. The van der Waals surface area contributed by atoms with E-state index < -0.39 is 16.8 Å². The molecule has 0 radical (unpaired) electrons. The van der Waals surface area contributed by atoms with E-state index in [0.29, 0.717) is 0 Å². The van der Waals surface area contributed by atoms with Crippen LogP contribution < -0.4 is 16.6 Å². The fourth-order valence-electron chi connectivity index (χ4n) is 2.68. The number of aromatic amines is 2. The number of rotatable bonds is 4. The van der Waals surface area contributed by atoms with Crippen LogP contribution in [0.4, 0.5) is 0 Å². The van der Waals surface area contributed by atoms with Gasteiger partial charge in [-0.25, -0.2) is 4.79 Å². The van der Waals surface area contributed by atoms with E-state index in [1.54, 1.807) is 0 Å². The lowest BCUT2D eigenvalue weighted by Gasteiger charge is -2.36. The van der Waals surface area contributed by atoms with Crippen molar-refractivity contribution < 1.29 is 9.90 Å². The summed E-state index contributed by atoms with van der Waals surface area (Å²) in [5, 5.41) is 12.4. The van der Waals surface area contributed by atoms with Gasteiger partial charge in [-0.15, -0.1) is 0 Å². The van der Waals surface area contributed by atoms with Crippen molar-refractivity contribution in [3.63, 3.8) is 0 Å². The zero-order chi connectivity index (χ0) is 14.6. The van der Waals surface area contributed by atoms with Gasteiger partial charge < -0.3 is 15.4 Å². The maximum atomic E-state index is 12.0. The number of aliphatic hydroxyl groups excluding tert-OH is 1. The summed E-state index contributed by atoms with van der Waals surface area (Å²) in [6.07, 6.45) is 4.48. The highest BCUT2D eigenvalue weighted by atomic mass is 16.3. The third-order valence-corrected chi connectivity index (χ3v) is 3.69. The first-order valence-corrected chi connectivity index (χ1v) is 6.77. The number of aromatic nitrogens is 2. The molecule has 2 rings (SSSR count). The van der Waals surface area contributed by atoms with E-state index in [9.17, 15) is 19.5 Å². The van der Waals surface area contributed by atoms with Gasteiger partial charge in [-0.2, -0.15) is 0 Å². The molecule has 7 heteroatoms. The summed E-state index contributed by atoms with van der Waals surface area (Å²) in [5.74, 6) is -0.304. The van der Waals surface area contributed by atoms with Crippen molar-refractivity contribution in [1.29, 1.82) is 0 Å². The van der Waals surface area contributed by atoms with Gasteiger partial charge in [0.25, 0.3) is 5.56 Å². The van der Waals surface area contributed by atoms with Gasteiger partial charge in [-0.05, 0) is 12.8 Å². The van der Waals surface area contributed by atoms with Crippen LogP contribution in [0, 0.1) is 0 Å². The van der Waals surface area contributed by atoms with Crippen LogP contribution >= 0.6 is 0 Å². The third kappa shape index (κ3) is 3.57. The SMILES string of the molecule is O=C(Cc1cc(=O)[nH]c(=O)[nH]1)NC1(CO)CCCCC1. The number of hydrogen-bond donors (Lipinski definition) is 4. The molecular weight excluding hydrogens is 262 g/mol. The highest BCUT2D eigenvalue weighted by Gasteiger charge is 2.32. The lowest BCUT2D eigenvalue weighted by Crippen LogP contribution is -2.53. The van der Waals surface area contributed by atoms with Gasteiger partial charge in [-0.3, -0.25) is 14.6 Å². The second-order valence-electron chi connectivity index (χ2n) is 5.34. The van der Waals surface area contributed by atoms with E-state index in [0.717, 1.165) is 32.1 Å². The Balaban J connectivity index is 2.04. The molecule has 0 atom stereocenters. The van der Waals surface area contributed by atoms with Crippen molar-refractivity contribution in [2.24, 2.45) is 0 Å². The first kappa shape index (κ1) is 14.5. The minimum Gasteiger partial charge on any atom is -0.394 e. The van der Waals surface area contributed by atoms with Crippen LogP contribution in [-0.2, 0) is 11.2 Å². The predicted octanol–water partition coefficient (Wildman–Crippen LogP) is -0.583. The first-order valence-electron chi connectivity index (χ1n) is 6.77. The third-order valence-electron chi connectivity index (χ3n) is 3.69. The molecule has 1 saturated carbocycles. The number of carbonyl (C=O) groups excluding carboxylic acids is 1. The lowest BCUT2D eigenvalue weighted by molar-refractivity contribution is -0.123. The molecule has 1 aromatic rings. The van der Waals surface area contributed by atoms with Gasteiger partial charge in [0.2, 0.25) is 5.91 Å². The minimum absolute atomic E-state index is 0.0824. The van der Waals surface area contributed by atoms with Crippen LogP contribution in [0.3, 0.4) is 0 Å². The van der Waals surface area contributed by atoms with Crippen LogP contribution in [0.1, 0.15) is 37.8 Å². The molecule has 1 amide bonds. The van der Waals surface area contributed by atoms with Gasteiger partial charge >= 0.3 is 5.69 Å². The van der Waals surface area contributed by atoms with Crippen LogP contribution in [0.2, 0.25) is 0 Å². The molecule has 1 heterocycles. The smallest absolute Gasteiger partial charge is 0.325 e. The average molecular weight is 281 g/mol. The summed E-state index contributed by atoms with van der Waals surface area (Å²) in [5.41, 5.74) is -1.46. The number of amides is 1. The Bertz CT molecular complexity index is 556. The van der Waals surface area contributed by atoms with Crippen LogP contribution in [0.5, 0.6) is 0 Å². The average Bonchev–Trinajstić information content (AvgIpc) is 2.38. The highest BCUT2D eigenvalue weighted by molar-refractivity contribution is 5.78. The van der Waals surface area contributed by atoms with E-state index in [1.807, 2.05) is 4.98 Å². The molecule has 0 saturated heterocycles. The van der Waals surface area contributed by atoms with Crippen molar-refractivity contribution in [1.82, 2.24) is 15.3 Å². The lowest BCUT2D eigenvalue weighted by atomic mass is 9.82. The molecule has 4 N–H and O–H groups in total. The summed E-state index contributed by atoms with van der Waals surface area (Å²) in [6.45, 7) is -0.0926.